The van der Waals surface area contributed by atoms with Gasteiger partial charge in [-0.25, -0.2) is 4.68 Å². The molecular formula is C18H19N5O2. The molecule has 0 atom stereocenters. The molecule has 25 heavy (non-hydrogen) atoms. The Morgan fingerprint density at radius 1 is 1.20 bits per heavy atom. The molecule has 0 unspecified atom stereocenters. The van der Waals surface area contributed by atoms with Gasteiger partial charge in [0.05, 0.1) is 17.9 Å². The Hall–Kier alpha value is -2.80. The van der Waals surface area contributed by atoms with Gasteiger partial charge >= 0.3 is 0 Å². The van der Waals surface area contributed by atoms with Crippen molar-refractivity contribution in [3.63, 3.8) is 0 Å². The minimum Gasteiger partial charge on any atom is -0.361 e. The summed E-state index contributed by atoms with van der Waals surface area (Å²) in [6.45, 7) is 5.17. The van der Waals surface area contributed by atoms with Crippen molar-refractivity contribution in [1.82, 2.24) is 24.8 Å². The van der Waals surface area contributed by atoms with Crippen molar-refractivity contribution in [2.75, 3.05) is 13.1 Å². The fourth-order valence-electron chi connectivity index (χ4n) is 3.14. The molecule has 1 aliphatic heterocycles. The van der Waals surface area contributed by atoms with Crippen LogP contribution < -0.4 is 5.56 Å². The zero-order valence-corrected chi connectivity index (χ0v) is 14.0. The van der Waals surface area contributed by atoms with Gasteiger partial charge in [-0.1, -0.05) is 5.16 Å². The topological polar surface area (TPSA) is 77.1 Å². The van der Waals surface area contributed by atoms with Crippen molar-refractivity contribution in [1.29, 1.82) is 0 Å². The van der Waals surface area contributed by atoms with E-state index in [0.29, 0.717) is 12.5 Å². The third kappa shape index (κ3) is 3.51. The van der Waals surface area contributed by atoms with E-state index in [-0.39, 0.29) is 5.56 Å². The maximum atomic E-state index is 12.1. The Labute approximate surface area is 144 Å². The highest BCUT2D eigenvalue weighted by atomic mass is 16.5. The number of aromatic nitrogens is 4. The first-order valence-corrected chi connectivity index (χ1v) is 8.30. The fourth-order valence-corrected chi connectivity index (χ4v) is 3.14. The number of hydrogen-bond donors (Lipinski definition) is 0. The van der Waals surface area contributed by atoms with Crippen LogP contribution in [0.3, 0.4) is 0 Å². The van der Waals surface area contributed by atoms with E-state index in [2.05, 4.69) is 20.1 Å². The number of likely N-dealkylation sites (tertiary alicyclic amines) is 1. The molecule has 3 aromatic heterocycles. The molecule has 0 aliphatic carbocycles. The van der Waals surface area contributed by atoms with Crippen LogP contribution in [0.15, 0.2) is 52.0 Å². The molecular weight excluding hydrogens is 318 g/mol. The Balaban J connectivity index is 1.39. The first-order valence-electron chi connectivity index (χ1n) is 8.30. The highest BCUT2D eigenvalue weighted by Crippen LogP contribution is 2.20. The molecule has 0 aromatic carbocycles. The smallest absolute Gasteiger partial charge is 0.266 e. The molecule has 1 saturated heterocycles. The van der Waals surface area contributed by atoms with E-state index < -0.39 is 0 Å². The lowest BCUT2D eigenvalue weighted by Crippen LogP contribution is -2.48. The molecule has 0 radical (unpaired) electrons. The molecule has 7 nitrogen and oxygen atoms in total. The van der Waals surface area contributed by atoms with Crippen LogP contribution in [0.2, 0.25) is 0 Å². The normalized spacial score (nSPS) is 15.2. The highest BCUT2D eigenvalue weighted by Gasteiger charge is 2.28. The predicted octanol–water partition coefficient (Wildman–Crippen LogP) is 1.73. The summed E-state index contributed by atoms with van der Waals surface area (Å²) in [4.78, 5) is 18.4. The molecule has 0 saturated carbocycles. The Morgan fingerprint density at radius 2 is 2.00 bits per heavy atom. The van der Waals surface area contributed by atoms with E-state index in [1.165, 1.54) is 0 Å². The van der Waals surface area contributed by atoms with Crippen molar-refractivity contribution >= 4 is 0 Å². The van der Waals surface area contributed by atoms with Crippen molar-refractivity contribution in [3.05, 3.63) is 64.5 Å². The monoisotopic (exact) mass is 337 g/mol. The summed E-state index contributed by atoms with van der Waals surface area (Å²) < 4.78 is 6.66. The van der Waals surface area contributed by atoms with Gasteiger partial charge in [-0.2, -0.15) is 5.10 Å². The second-order valence-electron chi connectivity index (χ2n) is 6.46. The van der Waals surface area contributed by atoms with Gasteiger partial charge in [0.1, 0.15) is 5.76 Å². The molecule has 7 heteroatoms. The molecule has 1 aliphatic rings. The minimum atomic E-state index is -0.0663. The standard InChI is InChI=1S/C18H19N5O2/c1-13-8-16(21-25-13)12-22-9-14(10-22)11-23-18(24)3-2-17(20-23)15-4-6-19-7-5-15/h2-8,14H,9-12H2,1H3. The van der Waals surface area contributed by atoms with Gasteiger partial charge in [0, 0.05) is 55.6 Å². The molecule has 128 valence electrons. The van der Waals surface area contributed by atoms with E-state index in [1.807, 2.05) is 25.1 Å². The summed E-state index contributed by atoms with van der Waals surface area (Å²) in [5.41, 5.74) is 2.63. The van der Waals surface area contributed by atoms with E-state index >= 15 is 0 Å². The first kappa shape index (κ1) is 15.7. The number of nitrogens with zero attached hydrogens (tertiary/aromatic N) is 5. The second-order valence-corrected chi connectivity index (χ2v) is 6.46. The van der Waals surface area contributed by atoms with E-state index in [1.54, 1.807) is 29.2 Å². The summed E-state index contributed by atoms with van der Waals surface area (Å²) in [6.07, 6.45) is 3.45. The van der Waals surface area contributed by atoms with Crippen LogP contribution in [0, 0.1) is 12.8 Å². The molecule has 4 heterocycles. The molecule has 0 spiro atoms. The maximum absolute atomic E-state index is 12.1. The molecule has 3 aromatic rings. The van der Waals surface area contributed by atoms with Crippen LogP contribution in [0.25, 0.3) is 11.3 Å². The summed E-state index contributed by atoms with van der Waals surface area (Å²) in [5.74, 6) is 1.25. The van der Waals surface area contributed by atoms with Crippen LogP contribution in [0.5, 0.6) is 0 Å². The third-order valence-corrected chi connectivity index (χ3v) is 4.37. The van der Waals surface area contributed by atoms with Crippen molar-refractivity contribution in [2.45, 2.75) is 20.0 Å². The van der Waals surface area contributed by atoms with Crippen LogP contribution in [-0.2, 0) is 13.1 Å². The van der Waals surface area contributed by atoms with Crippen LogP contribution >= 0.6 is 0 Å². The lowest BCUT2D eigenvalue weighted by molar-refractivity contribution is 0.0744. The lowest BCUT2D eigenvalue weighted by Gasteiger charge is -2.38. The van der Waals surface area contributed by atoms with Gasteiger partial charge in [-0.3, -0.25) is 14.7 Å². The second kappa shape index (κ2) is 6.60. The Kier molecular flexibility index (Phi) is 4.15. The van der Waals surface area contributed by atoms with E-state index in [9.17, 15) is 4.79 Å². The van der Waals surface area contributed by atoms with Crippen molar-refractivity contribution in [2.24, 2.45) is 5.92 Å². The minimum absolute atomic E-state index is 0.0663. The number of hydrogen-bond acceptors (Lipinski definition) is 6. The quantitative estimate of drug-likeness (QED) is 0.706. The van der Waals surface area contributed by atoms with Gasteiger partial charge in [0.25, 0.3) is 5.56 Å². The molecule has 4 rings (SSSR count). The average Bonchev–Trinajstić information content (AvgIpc) is 3.00. The lowest BCUT2D eigenvalue weighted by atomic mass is 10.00. The van der Waals surface area contributed by atoms with Crippen molar-refractivity contribution in [3.8, 4) is 11.3 Å². The summed E-state index contributed by atoms with van der Waals surface area (Å²) in [5, 5.41) is 8.52. The van der Waals surface area contributed by atoms with Crippen LogP contribution in [-0.4, -0.2) is 37.9 Å². The molecule has 1 fully saturated rings. The Morgan fingerprint density at radius 3 is 2.72 bits per heavy atom. The third-order valence-electron chi connectivity index (χ3n) is 4.37. The fraction of sp³-hybridized carbons (Fsp3) is 0.333. The van der Waals surface area contributed by atoms with Gasteiger partial charge in [-0.15, -0.1) is 0 Å². The van der Waals surface area contributed by atoms with Gasteiger partial charge in [-0.05, 0) is 25.1 Å². The summed E-state index contributed by atoms with van der Waals surface area (Å²) in [7, 11) is 0. The molecule has 0 amide bonds. The Bertz CT molecular complexity index is 912. The zero-order valence-electron chi connectivity index (χ0n) is 14.0. The molecule has 0 bridgehead atoms. The predicted molar refractivity (Wildman–Crippen MR) is 91.7 cm³/mol. The average molecular weight is 337 g/mol. The van der Waals surface area contributed by atoms with Crippen molar-refractivity contribution < 1.29 is 4.52 Å². The van der Waals surface area contributed by atoms with Gasteiger partial charge < -0.3 is 4.52 Å². The largest absolute Gasteiger partial charge is 0.361 e. The molecule has 0 N–H and O–H groups in total. The summed E-state index contributed by atoms with van der Waals surface area (Å²) >= 11 is 0. The SMILES string of the molecule is Cc1cc(CN2CC(Cn3nc(-c4ccncc4)ccc3=O)C2)no1. The van der Waals surface area contributed by atoms with E-state index in [0.717, 1.165) is 42.3 Å². The summed E-state index contributed by atoms with van der Waals surface area (Å²) in [6, 6.07) is 9.08. The zero-order chi connectivity index (χ0) is 17.2. The van der Waals surface area contributed by atoms with Gasteiger partial charge in [0.15, 0.2) is 0 Å². The number of rotatable bonds is 5. The maximum Gasteiger partial charge on any atom is 0.266 e. The number of pyridine rings is 1. The first-order chi connectivity index (χ1) is 12.2. The van der Waals surface area contributed by atoms with Crippen LogP contribution in [0.1, 0.15) is 11.5 Å². The van der Waals surface area contributed by atoms with Crippen LogP contribution in [0.4, 0.5) is 0 Å². The number of aryl methyl sites for hydroxylation is 1. The highest BCUT2D eigenvalue weighted by molar-refractivity contribution is 5.56. The van der Waals surface area contributed by atoms with Gasteiger partial charge in [0.2, 0.25) is 0 Å². The van der Waals surface area contributed by atoms with E-state index in [4.69, 9.17) is 4.52 Å².